The maximum absolute atomic E-state index is 14.1. The van der Waals surface area contributed by atoms with E-state index in [1.54, 1.807) is 0 Å². The third kappa shape index (κ3) is 8.69. The molecular formula is C34H39N9O7S. The molecule has 1 aliphatic rings. The number of fused-ring (bicyclic) bond motifs is 1. The number of sulfonamides is 1. The van der Waals surface area contributed by atoms with Gasteiger partial charge in [0.25, 0.3) is 5.69 Å². The van der Waals surface area contributed by atoms with E-state index in [1.165, 1.54) is 25.3 Å². The Kier molecular flexibility index (Phi) is 12.1. The molecule has 0 aliphatic heterocycles. The number of hydrogen-bond acceptors (Lipinski definition) is 11. The van der Waals surface area contributed by atoms with Crippen molar-refractivity contribution in [2.45, 2.75) is 71.4 Å². The highest BCUT2D eigenvalue weighted by atomic mass is 32.2. The number of ether oxygens (including phenoxy) is 3. The summed E-state index contributed by atoms with van der Waals surface area (Å²) in [7, 11) is -2.26. The predicted molar refractivity (Wildman–Crippen MR) is 184 cm³/mol. The molecule has 1 amide bonds. The van der Waals surface area contributed by atoms with Crippen LogP contribution in [0.3, 0.4) is 0 Å². The van der Waals surface area contributed by atoms with Crippen LogP contribution >= 0.6 is 0 Å². The number of methoxy groups -OCH3 is 1. The number of aromatic nitrogens is 3. The summed E-state index contributed by atoms with van der Waals surface area (Å²) in [6.45, 7) is 14.1. The normalized spacial score (nSPS) is 19.1. The molecule has 1 saturated carbocycles. The summed E-state index contributed by atoms with van der Waals surface area (Å²) in [6, 6.07) is 9.61. The van der Waals surface area contributed by atoms with Gasteiger partial charge in [-0.3, -0.25) is 9.82 Å². The zero-order chi connectivity index (χ0) is 37.5. The zero-order valence-electron chi connectivity index (χ0n) is 29.0. The lowest BCUT2D eigenvalue weighted by Gasteiger charge is -2.37. The molecule has 268 valence electrons. The van der Waals surface area contributed by atoms with Gasteiger partial charge in [0.2, 0.25) is 15.9 Å². The van der Waals surface area contributed by atoms with Crippen molar-refractivity contribution >= 4 is 39.1 Å². The second-order valence-electron chi connectivity index (χ2n) is 12.7. The van der Waals surface area contributed by atoms with Crippen molar-refractivity contribution in [2.24, 2.45) is 17.8 Å². The zero-order valence-corrected chi connectivity index (χ0v) is 29.8. The fraction of sp³-hybridized carbons (Fsp3) is 0.500. The van der Waals surface area contributed by atoms with Crippen LogP contribution in [0.5, 0.6) is 11.6 Å². The fourth-order valence-corrected chi connectivity index (χ4v) is 7.25. The van der Waals surface area contributed by atoms with Crippen LogP contribution in [0, 0.1) is 58.3 Å². The van der Waals surface area contributed by atoms with E-state index in [1.807, 2.05) is 32.1 Å². The molecule has 0 spiro atoms. The highest BCUT2D eigenvalue weighted by Crippen LogP contribution is 2.42. The summed E-state index contributed by atoms with van der Waals surface area (Å²) in [4.78, 5) is 37.2. The molecule has 2 N–H and O–H groups in total. The van der Waals surface area contributed by atoms with E-state index in [0.29, 0.717) is 5.92 Å². The van der Waals surface area contributed by atoms with Gasteiger partial charge in [0.1, 0.15) is 17.4 Å². The van der Waals surface area contributed by atoms with E-state index < -0.39 is 40.1 Å². The predicted octanol–water partition coefficient (Wildman–Crippen LogP) is 5.79. The van der Waals surface area contributed by atoms with Gasteiger partial charge in [0.05, 0.1) is 56.6 Å². The van der Waals surface area contributed by atoms with Crippen LogP contribution in [0.1, 0.15) is 69.7 Å². The van der Waals surface area contributed by atoms with Gasteiger partial charge in [-0.2, -0.15) is 15.8 Å². The monoisotopic (exact) mass is 717 g/mol. The molecule has 3 unspecified atom stereocenters. The van der Waals surface area contributed by atoms with Crippen LogP contribution in [0.25, 0.3) is 21.9 Å². The molecule has 0 radical (unpaired) electrons. The molecule has 51 heavy (non-hydrogen) atoms. The molecule has 4 rings (SSSR count). The lowest BCUT2D eigenvalue weighted by Crippen LogP contribution is -2.42. The Morgan fingerprint density at radius 3 is 2.43 bits per heavy atom. The maximum atomic E-state index is 14.1. The number of hydrogen-bond donors (Lipinski definition) is 2. The van der Waals surface area contributed by atoms with Gasteiger partial charge < -0.3 is 19.1 Å². The van der Waals surface area contributed by atoms with Gasteiger partial charge in [-0.1, -0.05) is 20.8 Å². The molecule has 0 saturated heterocycles. The number of rotatable bonds is 13. The first-order valence-electron chi connectivity index (χ1n) is 16.2. The van der Waals surface area contributed by atoms with Crippen molar-refractivity contribution in [1.29, 1.82) is 15.8 Å². The van der Waals surface area contributed by atoms with Crippen molar-refractivity contribution in [3.05, 3.63) is 35.2 Å². The molecule has 1 aromatic carbocycles. The molecule has 17 heteroatoms. The second-order valence-corrected chi connectivity index (χ2v) is 14.5. The minimum atomic E-state index is -3.66. The largest absolute Gasteiger partial charge is 0.496 e. The van der Waals surface area contributed by atoms with Crippen molar-refractivity contribution in [3.8, 4) is 41.2 Å². The molecule has 2 aromatic heterocycles. The van der Waals surface area contributed by atoms with E-state index in [0.717, 1.165) is 28.5 Å². The topological polar surface area (TPSA) is 220 Å². The lowest BCUT2D eigenvalue weighted by molar-refractivity contribution is -0.0249. The van der Waals surface area contributed by atoms with Crippen molar-refractivity contribution in [1.82, 2.24) is 19.5 Å². The number of benzene rings is 1. The van der Waals surface area contributed by atoms with E-state index >= 15 is 0 Å². The summed E-state index contributed by atoms with van der Waals surface area (Å²) in [5.74, 6) is -0.420. The van der Waals surface area contributed by atoms with Gasteiger partial charge in [-0.15, -0.1) is 0 Å². The molecule has 3 aromatic rings. The molecule has 3 atom stereocenters. The number of nitrogens with zero attached hydrogens (tertiary/aromatic N) is 7. The maximum Gasteiger partial charge on any atom is 0.415 e. The second kappa shape index (κ2) is 16.3. The minimum Gasteiger partial charge on any atom is -0.496 e. The number of amides is 1. The summed E-state index contributed by atoms with van der Waals surface area (Å²) in [5, 5.41) is 30.9. The standard InChI is InChI=1S/C34H39N9O7S/c1-20-17-21(2)29(22(3)18-20)49-33(44)27-28(38-4)32(50-34(45)42(16-8-14-36)24(12-15-37)9-7-13-35)43-31(27)39-30(40-43)25-19-23(41-51(6,46)47)10-11-26(25)48-5/h10-11,19-22,24,29,41H,7-9,12,16-18H2,1-3,5-6H3,(H,39,40). The van der Waals surface area contributed by atoms with E-state index in [4.69, 9.17) is 20.8 Å². The van der Waals surface area contributed by atoms with Crippen LogP contribution in [0.4, 0.5) is 16.2 Å². The van der Waals surface area contributed by atoms with E-state index in [2.05, 4.69) is 26.6 Å². The molecular weight excluding hydrogens is 678 g/mol. The minimum absolute atomic E-state index is 0.0249. The van der Waals surface area contributed by atoms with E-state index in [9.17, 15) is 33.8 Å². The Morgan fingerprint density at radius 2 is 1.84 bits per heavy atom. The number of anilines is 1. The van der Waals surface area contributed by atoms with Gasteiger partial charge in [-0.25, -0.2) is 32.4 Å². The number of esters is 1. The number of aromatic amines is 1. The number of nitriles is 3. The average molecular weight is 718 g/mol. The van der Waals surface area contributed by atoms with Gasteiger partial charge in [-0.05, 0) is 55.2 Å². The van der Waals surface area contributed by atoms with E-state index in [-0.39, 0.29) is 83.8 Å². The SMILES string of the molecule is [C-]#[N+]c1c(C(=O)OC2C(C)CC(C)CC2C)c2nc(-c3cc(NS(C)(=O)=O)ccc3OC)[nH]n2c1OC(=O)N(CCC#N)C(CC#N)CCC#N. The number of H-pyrrole nitrogens is 1. The molecule has 2 heterocycles. The summed E-state index contributed by atoms with van der Waals surface area (Å²) in [5.41, 5.74) is -0.291. The molecule has 1 fully saturated rings. The van der Waals surface area contributed by atoms with Crippen molar-refractivity contribution in [3.63, 3.8) is 0 Å². The smallest absolute Gasteiger partial charge is 0.415 e. The van der Waals surface area contributed by atoms with Gasteiger partial charge >= 0.3 is 12.1 Å². The highest BCUT2D eigenvalue weighted by molar-refractivity contribution is 7.92. The highest BCUT2D eigenvalue weighted by Gasteiger charge is 2.38. The summed E-state index contributed by atoms with van der Waals surface area (Å²) < 4.78 is 44.9. The lowest BCUT2D eigenvalue weighted by atomic mass is 9.75. The Bertz CT molecular complexity index is 2050. The van der Waals surface area contributed by atoms with Crippen molar-refractivity contribution < 1.29 is 32.2 Å². The third-order valence-corrected chi connectivity index (χ3v) is 9.35. The Hall–Kier alpha value is -5.78. The van der Waals surface area contributed by atoms with Crippen molar-refractivity contribution in [2.75, 3.05) is 24.6 Å². The van der Waals surface area contributed by atoms with Crippen LogP contribution in [0.2, 0.25) is 0 Å². The summed E-state index contributed by atoms with van der Waals surface area (Å²) >= 11 is 0. The first-order chi connectivity index (χ1) is 24.3. The van der Waals surface area contributed by atoms with Crippen LogP contribution < -0.4 is 14.2 Å². The number of carbonyl (C=O) groups excluding carboxylic acids is 2. The third-order valence-electron chi connectivity index (χ3n) is 8.74. The first kappa shape index (κ1) is 38.0. The van der Waals surface area contributed by atoms with Gasteiger partial charge in [0.15, 0.2) is 11.5 Å². The quantitative estimate of drug-likeness (QED) is 0.159. The molecule has 0 bridgehead atoms. The average Bonchev–Trinajstić information content (AvgIpc) is 3.61. The molecule has 16 nitrogen and oxygen atoms in total. The number of nitrogens with one attached hydrogen (secondary N) is 2. The van der Waals surface area contributed by atoms with Crippen LogP contribution in [-0.2, 0) is 14.8 Å². The van der Waals surface area contributed by atoms with Gasteiger partial charge in [0, 0.05) is 24.7 Å². The van der Waals surface area contributed by atoms with Crippen LogP contribution in [0.15, 0.2) is 18.2 Å². The fourth-order valence-electron chi connectivity index (χ4n) is 6.70. The Morgan fingerprint density at radius 1 is 1.16 bits per heavy atom. The Balaban J connectivity index is 1.90. The Labute approximate surface area is 296 Å². The summed E-state index contributed by atoms with van der Waals surface area (Å²) in [6.07, 6.45) is 1.08. The van der Waals surface area contributed by atoms with Crippen LogP contribution in [-0.4, -0.2) is 72.0 Å². The molecule has 1 aliphatic carbocycles. The first-order valence-corrected chi connectivity index (χ1v) is 18.1. The number of carbonyl (C=O) groups is 2.